The molecule has 12 heteroatoms. The van der Waals surface area contributed by atoms with Crippen LogP contribution in [0.25, 0.3) is 33.5 Å². The number of methoxy groups -OCH3 is 1. The van der Waals surface area contributed by atoms with Crippen LogP contribution < -0.4 is 20.3 Å². The van der Waals surface area contributed by atoms with E-state index in [0.717, 1.165) is 5.39 Å². The third kappa shape index (κ3) is 5.99. The first kappa shape index (κ1) is 29.3. The Kier molecular flexibility index (Phi) is 8.27. The zero-order chi connectivity index (χ0) is 30.8. The number of benzene rings is 4. The van der Waals surface area contributed by atoms with Gasteiger partial charge in [-0.25, -0.2) is 9.37 Å². The largest absolute Gasteiger partial charge is 0.496 e. The Labute approximate surface area is 266 Å². The number of carbonyl (C=O) groups is 1. The Morgan fingerprint density at radius 2 is 1.77 bits per heavy atom. The normalized spacial score (nSPS) is 11.4. The summed E-state index contributed by atoms with van der Waals surface area (Å²) in [7, 11) is 1.57. The topological polar surface area (TPSA) is 108 Å². The molecule has 6 aromatic rings. The molecule has 0 aliphatic carbocycles. The molecule has 0 aliphatic rings. The summed E-state index contributed by atoms with van der Waals surface area (Å²) < 4.78 is 32.7. The highest BCUT2D eigenvalue weighted by molar-refractivity contribution is 9.11. The molecular weight excluding hydrogens is 699 g/mol. The van der Waals surface area contributed by atoms with Gasteiger partial charge in [0.25, 0.3) is 11.5 Å². The van der Waals surface area contributed by atoms with E-state index in [9.17, 15) is 14.0 Å². The third-order valence-corrected chi connectivity index (χ3v) is 7.71. The molecule has 0 saturated carbocycles. The van der Waals surface area contributed by atoms with Crippen molar-refractivity contribution >= 4 is 71.5 Å². The molecule has 2 heterocycles. The Bertz CT molecular complexity index is 2100. The summed E-state index contributed by atoms with van der Waals surface area (Å²) in [6.07, 6.45) is 1.51. The van der Waals surface area contributed by atoms with Crippen molar-refractivity contribution in [3.05, 3.63) is 116 Å². The molecule has 0 bridgehead atoms. The van der Waals surface area contributed by atoms with E-state index in [1.165, 1.54) is 35.2 Å². The van der Waals surface area contributed by atoms with E-state index in [1.54, 1.807) is 55.6 Å². The molecule has 2 aromatic heterocycles. The zero-order valence-electron chi connectivity index (χ0n) is 22.9. The van der Waals surface area contributed by atoms with E-state index in [0.29, 0.717) is 53.9 Å². The van der Waals surface area contributed by atoms with Crippen LogP contribution in [-0.4, -0.2) is 35.5 Å². The SMILES string of the molecule is COc1cccc2oc(-c3nc4ccccc4c(=O)n3N=Cc3cc(Br)c(OCC(=O)Nc4ccc(F)cc4)c(Br)c3)cc12. The average Bonchev–Trinajstić information content (AvgIpc) is 3.46. The zero-order valence-corrected chi connectivity index (χ0v) is 26.1. The van der Waals surface area contributed by atoms with Gasteiger partial charge in [0.05, 0.1) is 38.6 Å². The second-order valence-corrected chi connectivity index (χ2v) is 11.2. The lowest BCUT2D eigenvalue weighted by Crippen LogP contribution is -2.20. The molecule has 0 aliphatic heterocycles. The van der Waals surface area contributed by atoms with Gasteiger partial charge in [0.1, 0.15) is 22.9 Å². The van der Waals surface area contributed by atoms with E-state index in [2.05, 4.69) is 42.3 Å². The van der Waals surface area contributed by atoms with Crippen molar-refractivity contribution in [1.29, 1.82) is 0 Å². The van der Waals surface area contributed by atoms with Crippen LogP contribution in [0.1, 0.15) is 5.56 Å². The van der Waals surface area contributed by atoms with Crippen molar-refractivity contribution in [1.82, 2.24) is 9.66 Å². The molecule has 9 nitrogen and oxygen atoms in total. The maximum absolute atomic E-state index is 13.6. The molecule has 0 saturated heterocycles. The summed E-state index contributed by atoms with van der Waals surface area (Å²) in [5.74, 6) is 0.755. The van der Waals surface area contributed by atoms with E-state index in [1.807, 2.05) is 12.1 Å². The summed E-state index contributed by atoms with van der Waals surface area (Å²) in [6, 6.07) is 23.1. The van der Waals surface area contributed by atoms with Crippen LogP contribution in [0.5, 0.6) is 11.5 Å². The van der Waals surface area contributed by atoms with Gasteiger partial charge in [0.15, 0.2) is 12.4 Å². The number of anilines is 1. The van der Waals surface area contributed by atoms with Gasteiger partial charge in [-0.2, -0.15) is 9.78 Å². The number of ether oxygens (including phenoxy) is 2. The molecule has 44 heavy (non-hydrogen) atoms. The Morgan fingerprint density at radius 3 is 2.52 bits per heavy atom. The molecule has 0 atom stereocenters. The van der Waals surface area contributed by atoms with Gasteiger partial charge in [0, 0.05) is 5.69 Å². The quantitative estimate of drug-likeness (QED) is 0.165. The maximum Gasteiger partial charge on any atom is 0.282 e. The molecule has 1 N–H and O–H groups in total. The number of hydrogen-bond acceptors (Lipinski definition) is 7. The van der Waals surface area contributed by atoms with Gasteiger partial charge >= 0.3 is 0 Å². The lowest BCUT2D eigenvalue weighted by molar-refractivity contribution is -0.118. The number of amides is 1. The van der Waals surface area contributed by atoms with Crippen LogP contribution >= 0.6 is 31.9 Å². The molecule has 4 aromatic carbocycles. The van der Waals surface area contributed by atoms with Crippen molar-refractivity contribution in [2.24, 2.45) is 5.10 Å². The Hall–Kier alpha value is -4.81. The third-order valence-electron chi connectivity index (χ3n) is 6.53. The number of nitrogens with zero attached hydrogens (tertiary/aromatic N) is 3. The van der Waals surface area contributed by atoms with Crippen molar-refractivity contribution in [3.8, 4) is 23.1 Å². The van der Waals surface area contributed by atoms with E-state index >= 15 is 0 Å². The second kappa shape index (κ2) is 12.4. The minimum atomic E-state index is -0.417. The summed E-state index contributed by atoms with van der Waals surface area (Å²) in [5.41, 5.74) is 1.77. The standard InChI is InChI=1S/C32H21Br2FN4O5/c1-42-26-7-4-8-27-22(26)15-28(44-27)31-38-25-6-3-2-5-21(25)32(41)39(31)36-16-18-13-23(33)30(24(34)14-18)43-17-29(40)37-20-11-9-19(35)10-12-20/h2-16H,17H2,1H3,(H,37,40). The summed E-state index contributed by atoms with van der Waals surface area (Å²) in [6.45, 7) is -0.286. The first-order chi connectivity index (χ1) is 21.3. The molecule has 0 radical (unpaired) electrons. The summed E-state index contributed by atoms with van der Waals surface area (Å²) in [4.78, 5) is 30.7. The number of aromatic nitrogens is 2. The van der Waals surface area contributed by atoms with E-state index in [4.69, 9.17) is 18.9 Å². The van der Waals surface area contributed by atoms with Gasteiger partial charge in [0.2, 0.25) is 5.82 Å². The lowest BCUT2D eigenvalue weighted by Gasteiger charge is -2.12. The molecule has 220 valence electrons. The summed E-state index contributed by atoms with van der Waals surface area (Å²) >= 11 is 6.97. The highest BCUT2D eigenvalue weighted by atomic mass is 79.9. The number of carbonyl (C=O) groups excluding carboxylic acids is 1. The first-order valence-electron chi connectivity index (χ1n) is 13.1. The molecule has 1 amide bonds. The molecule has 6 rings (SSSR count). The Balaban J connectivity index is 1.30. The number of rotatable bonds is 8. The van der Waals surface area contributed by atoms with Gasteiger partial charge in [-0.3, -0.25) is 9.59 Å². The number of nitrogens with one attached hydrogen (secondary N) is 1. The summed E-state index contributed by atoms with van der Waals surface area (Å²) in [5, 5.41) is 8.28. The fourth-order valence-electron chi connectivity index (χ4n) is 4.50. The van der Waals surface area contributed by atoms with Crippen molar-refractivity contribution in [3.63, 3.8) is 0 Å². The minimum Gasteiger partial charge on any atom is -0.496 e. The van der Waals surface area contributed by atoms with Crippen molar-refractivity contribution < 1.29 is 23.1 Å². The monoisotopic (exact) mass is 718 g/mol. The second-order valence-electron chi connectivity index (χ2n) is 9.45. The number of fused-ring (bicyclic) bond motifs is 2. The van der Waals surface area contributed by atoms with Gasteiger partial charge in [-0.05, 0) is 104 Å². The number of halogens is 3. The molecule has 0 unspecified atom stereocenters. The van der Waals surface area contributed by atoms with Crippen molar-refractivity contribution in [2.75, 3.05) is 19.0 Å². The number of furan rings is 1. The fraction of sp³-hybridized carbons (Fsp3) is 0.0625. The highest BCUT2D eigenvalue weighted by Gasteiger charge is 2.18. The van der Waals surface area contributed by atoms with Crippen molar-refractivity contribution in [2.45, 2.75) is 0 Å². The van der Waals surface area contributed by atoms with Crippen LogP contribution in [0, 0.1) is 5.82 Å². The minimum absolute atomic E-state index is 0.216. The molecule has 0 fully saturated rings. The van der Waals surface area contributed by atoms with Crippen LogP contribution in [0.2, 0.25) is 0 Å². The van der Waals surface area contributed by atoms with E-state index in [-0.39, 0.29) is 18.0 Å². The molecular formula is C32H21Br2FN4O5. The number of hydrogen-bond donors (Lipinski definition) is 1. The van der Waals surface area contributed by atoms with Gasteiger partial charge in [-0.15, -0.1) is 0 Å². The predicted molar refractivity (Wildman–Crippen MR) is 173 cm³/mol. The smallest absolute Gasteiger partial charge is 0.282 e. The Morgan fingerprint density at radius 1 is 1.02 bits per heavy atom. The predicted octanol–water partition coefficient (Wildman–Crippen LogP) is 7.38. The van der Waals surface area contributed by atoms with Crippen LogP contribution in [0.3, 0.4) is 0 Å². The average molecular weight is 720 g/mol. The maximum atomic E-state index is 13.6. The fourth-order valence-corrected chi connectivity index (χ4v) is 5.95. The number of para-hydroxylation sites is 1. The van der Waals surface area contributed by atoms with E-state index < -0.39 is 11.7 Å². The highest BCUT2D eigenvalue weighted by Crippen LogP contribution is 2.35. The van der Waals surface area contributed by atoms with Crippen LogP contribution in [0.15, 0.2) is 108 Å². The van der Waals surface area contributed by atoms with Crippen LogP contribution in [-0.2, 0) is 4.79 Å². The van der Waals surface area contributed by atoms with Gasteiger partial charge < -0.3 is 19.2 Å². The van der Waals surface area contributed by atoms with Gasteiger partial charge in [-0.1, -0.05) is 18.2 Å². The molecule has 0 spiro atoms. The van der Waals surface area contributed by atoms with Crippen LogP contribution in [0.4, 0.5) is 10.1 Å². The first-order valence-corrected chi connectivity index (χ1v) is 14.7. The lowest BCUT2D eigenvalue weighted by atomic mass is 10.2.